The maximum atomic E-state index is 12.9. The van der Waals surface area contributed by atoms with Crippen LogP contribution in [0.4, 0.5) is 5.69 Å². The van der Waals surface area contributed by atoms with Crippen LogP contribution in [0.2, 0.25) is 0 Å². The van der Waals surface area contributed by atoms with Gasteiger partial charge in [0.05, 0.1) is 20.1 Å². The average Bonchev–Trinajstić information content (AvgIpc) is 3.15. The molecule has 0 aromatic heterocycles. The van der Waals surface area contributed by atoms with E-state index >= 15 is 0 Å². The van der Waals surface area contributed by atoms with Crippen molar-refractivity contribution in [3.63, 3.8) is 0 Å². The number of nitrogens with one attached hydrogen (secondary N) is 1. The number of carbonyl (C=O) groups excluding carboxylic acids is 1. The summed E-state index contributed by atoms with van der Waals surface area (Å²) in [6.45, 7) is 7.87. The molecule has 0 saturated carbocycles. The summed E-state index contributed by atoms with van der Waals surface area (Å²) in [4.78, 5) is 22.5. The predicted molar refractivity (Wildman–Crippen MR) is 114 cm³/mol. The van der Waals surface area contributed by atoms with E-state index in [9.17, 15) is 23.3 Å². The molecule has 1 aliphatic rings. The minimum atomic E-state index is -3.79. The van der Waals surface area contributed by atoms with Crippen molar-refractivity contribution in [1.29, 1.82) is 0 Å². The van der Waals surface area contributed by atoms with Crippen LogP contribution in [0.5, 0.6) is 0 Å². The predicted octanol–water partition coefficient (Wildman–Crippen LogP) is 3.73. The summed E-state index contributed by atoms with van der Waals surface area (Å²) in [5, 5.41) is 14.0. The number of non-ortho nitro benzene ring substituents is 1. The molecule has 2 aromatic carbocycles. The Hall–Kier alpha value is -2.78. The van der Waals surface area contributed by atoms with Gasteiger partial charge in [0, 0.05) is 31.0 Å². The number of rotatable bonds is 5. The van der Waals surface area contributed by atoms with Gasteiger partial charge in [0.25, 0.3) is 5.69 Å². The molecule has 2 atom stereocenters. The molecule has 0 radical (unpaired) electrons. The summed E-state index contributed by atoms with van der Waals surface area (Å²) < 4.78 is 31.4. The van der Waals surface area contributed by atoms with Gasteiger partial charge in [-0.05, 0) is 63.1 Å². The van der Waals surface area contributed by atoms with Gasteiger partial charge in [-0.25, -0.2) is 8.42 Å². The molecule has 1 fully saturated rings. The third kappa shape index (κ3) is 4.94. The summed E-state index contributed by atoms with van der Waals surface area (Å²) >= 11 is 0. The number of sulfone groups is 1. The van der Waals surface area contributed by atoms with Gasteiger partial charge in [-0.15, -0.1) is 0 Å². The highest BCUT2D eigenvalue weighted by atomic mass is 32.2. The van der Waals surface area contributed by atoms with E-state index in [1.165, 1.54) is 24.3 Å². The van der Waals surface area contributed by atoms with Gasteiger partial charge >= 0.3 is 5.97 Å². The highest BCUT2D eigenvalue weighted by molar-refractivity contribution is 7.91. The van der Waals surface area contributed by atoms with E-state index in [1.54, 1.807) is 39.0 Å². The number of nitrogens with zero attached hydrogens (tertiary/aromatic N) is 1. The van der Waals surface area contributed by atoms with Crippen LogP contribution in [-0.4, -0.2) is 32.1 Å². The highest BCUT2D eigenvalue weighted by Crippen LogP contribution is 2.32. The van der Waals surface area contributed by atoms with Gasteiger partial charge in [0.15, 0.2) is 6.23 Å². The summed E-state index contributed by atoms with van der Waals surface area (Å²) in [7, 11) is -3.79. The van der Waals surface area contributed by atoms with E-state index in [1.807, 2.05) is 6.92 Å². The number of hydrogen-bond donors (Lipinski definition) is 1. The van der Waals surface area contributed by atoms with E-state index in [0.717, 1.165) is 11.1 Å². The second-order valence-corrected chi connectivity index (χ2v) is 10.7. The lowest BCUT2D eigenvalue weighted by Gasteiger charge is -2.20. The Labute approximate surface area is 181 Å². The molecule has 1 saturated heterocycles. The first-order valence-electron chi connectivity index (χ1n) is 9.94. The Morgan fingerprint density at radius 3 is 2.29 bits per heavy atom. The van der Waals surface area contributed by atoms with Crippen LogP contribution >= 0.6 is 0 Å². The third-order valence-corrected chi connectivity index (χ3v) is 7.07. The molecule has 0 bridgehead atoms. The van der Waals surface area contributed by atoms with Crippen molar-refractivity contribution < 1.29 is 22.9 Å². The highest BCUT2D eigenvalue weighted by Gasteiger charge is 2.32. The zero-order valence-electron chi connectivity index (χ0n) is 17.9. The standard InChI is InChI=1S/C22H26N2O6S/c1-14-11-18(31(28,29)17-7-5-16(6-8-17)24(26)27)9-10-19(14)15-12-20(23-13-15)30-21(25)22(2,3)4/h5-11,15,20,23H,12-13H2,1-4H3. The molecule has 0 aliphatic carbocycles. The van der Waals surface area contributed by atoms with Crippen LogP contribution in [0.15, 0.2) is 52.3 Å². The SMILES string of the molecule is Cc1cc(S(=O)(=O)c2ccc([N+](=O)[O-])cc2)ccc1C1CNC(OC(=O)C(C)(C)C)C1. The largest absolute Gasteiger partial charge is 0.446 e. The van der Waals surface area contributed by atoms with Crippen LogP contribution in [0.25, 0.3) is 0 Å². The Balaban J connectivity index is 1.77. The van der Waals surface area contributed by atoms with E-state index in [-0.39, 0.29) is 33.6 Å². The maximum absolute atomic E-state index is 12.9. The normalized spacial score (nSPS) is 19.2. The molecule has 1 aliphatic heterocycles. The summed E-state index contributed by atoms with van der Waals surface area (Å²) in [5.41, 5.74) is 1.06. The Morgan fingerprint density at radius 1 is 1.13 bits per heavy atom. The van der Waals surface area contributed by atoms with Crippen molar-refractivity contribution in [3.8, 4) is 0 Å². The second kappa shape index (κ2) is 8.39. The van der Waals surface area contributed by atoms with Gasteiger partial charge in [-0.2, -0.15) is 0 Å². The first-order valence-corrected chi connectivity index (χ1v) is 11.4. The van der Waals surface area contributed by atoms with Crippen molar-refractivity contribution in [2.24, 2.45) is 5.41 Å². The number of hydrogen-bond acceptors (Lipinski definition) is 7. The molecule has 0 spiro atoms. The zero-order valence-corrected chi connectivity index (χ0v) is 18.7. The minimum absolute atomic E-state index is 0.00180. The lowest BCUT2D eigenvalue weighted by molar-refractivity contribution is -0.384. The van der Waals surface area contributed by atoms with Crippen LogP contribution in [0.3, 0.4) is 0 Å². The molecule has 1 heterocycles. The van der Waals surface area contributed by atoms with Gasteiger partial charge < -0.3 is 4.74 Å². The Bertz CT molecular complexity index is 1100. The quantitative estimate of drug-likeness (QED) is 0.423. The summed E-state index contributed by atoms with van der Waals surface area (Å²) in [5.74, 6) is -0.180. The van der Waals surface area contributed by atoms with Gasteiger partial charge in [-0.3, -0.25) is 20.2 Å². The van der Waals surface area contributed by atoms with E-state index < -0.39 is 20.2 Å². The number of benzene rings is 2. The topological polar surface area (TPSA) is 116 Å². The minimum Gasteiger partial charge on any atom is -0.446 e. The van der Waals surface area contributed by atoms with Crippen LogP contribution in [0, 0.1) is 22.5 Å². The van der Waals surface area contributed by atoms with Crippen LogP contribution in [0.1, 0.15) is 44.2 Å². The van der Waals surface area contributed by atoms with E-state index in [0.29, 0.717) is 13.0 Å². The number of nitro groups is 1. The van der Waals surface area contributed by atoms with E-state index in [4.69, 9.17) is 4.74 Å². The first-order chi connectivity index (χ1) is 14.4. The average molecular weight is 447 g/mol. The molecule has 0 amide bonds. The van der Waals surface area contributed by atoms with E-state index in [2.05, 4.69) is 5.32 Å². The molecular weight excluding hydrogens is 420 g/mol. The number of nitro benzene ring substituents is 1. The lowest BCUT2D eigenvalue weighted by Crippen LogP contribution is -2.33. The fourth-order valence-electron chi connectivity index (χ4n) is 3.49. The Morgan fingerprint density at radius 2 is 1.74 bits per heavy atom. The molecular formula is C22H26N2O6S. The molecule has 1 N–H and O–H groups in total. The van der Waals surface area contributed by atoms with Crippen LogP contribution < -0.4 is 5.32 Å². The zero-order chi connectivity index (χ0) is 23.0. The molecule has 2 unspecified atom stereocenters. The number of carbonyl (C=O) groups is 1. The Kier molecular flexibility index (Phi) is 6.20. The van der Waals surface area contributed by atoms with Crippen LogP contribution in [-0.2, 0) is 19.4 Å². The molecule has 9 heteroatoms. The third-order valence-electron chi connectivity index (χ3n) is 5.30. The summed E-state index contributed by atoms with van der Waals surface area (Å²) in [6.07, 6.45) is 0.233. The van der Waals surface area contributed by atoms with Crippen molar-refractivity contribution >= 4 is 21.5 Å². The summed E-state index contributed by atoms with van der Waals surface area (Å²) in [6, 6.07) is 9.79. The van der Waals surface area contributed by atoms with Crippen molar-refractivity contribution in [2.75, 3.05) is 6.54 Å². The smallest absolute Gasteiger partial charge is 0.312 e. The molecule has 31 heavy (non-hydrogen) atoms. The van der Waals surface area contributed by atoms with Gasteiger partial charge in [0.2, 0.25) is 9.84 Å². The number of esters is 1. The van der Waals surface area contributed by atoms with Crippen molar-refractivity contribution in [3.05, 3.63) is 63.7 Å². The number of ether oxygens (including phenoxy) is 1. The van der Waals surface area contributed by atoms with Gasteiger partial charge in [0.1, 0.15) is 0 Å². The lowest BCUT2D eigenvalue weighted by atomic mass is 9.94. The monoisotopic (exact) mass is 446 g/mol. The first kappa shape index (κ1) is 22.9. The maximum Gasteiger partial charge on any atom is 0.312 e. The number of aryl methyl sites for hydroxylation is 1. The molecule has 2 aromatic rings. The molecule has 3 rings (SSSR count). The van der Waals surface area contributed by atoms with Crippen molar-refractivity contribution in [1.82, 2.24) is 5.32 Å². The molecule has 166 valence electrons. The molecule has 8 nitrogen and oxygen atoms in total. The second-order valence-electron chi connectivity index (χ2n) is 8.76. The fraction of sp³-hybridized carbons (Fsp3) is 0.409. The van der Waals surface area contributed by atoms with Crippen molar-refractivity contribution in [2.45, 2.75) is 56.1 Å². The fourth-order valence-corrected chi connectivity index (χ4v) is 4.83. The van der Waals surface area contributed by atoms with Gasteiger partial charge in [-0.1, -0.05) is 6.07 Å².